The number of alkyl halides is 1. The molecule has 10 atom stereocenters. The third-order valence-electron chi connectivity index (χ3n) is 11.0. The second kappa shape index (κ2) is 8.32. The van der Waals surface area contributed by atoms with Crippen molar-refractivity contribution < 1.29 is 10.2 Å². The zero-order valence-electron chi connectivity index (χ0n) is 20.2. The molecule has 4 fully saturated rings. The number of aliphatic hydroxyl groups excluding tert-OH is 1. The van der Waals surface area contributed by atoms with E-state index in [0.717, 1.165) is 48.9 Å². The predicted octanol–water partition coefficient (Wildman–Crippen LogP) is 6.96. The molecule has 4 rings (SSSR count). The molecular weight excluding hydrogens is 433 g/mol. The molecule has 0 saturated heterocycles. The molecule has 0 amide bonds. The molecule has 0 aromatic rings. The summed E-state index contributed by atoms with van der Waals surface area (Å²) in [5.74, 6) is 4.73. The largest absolute Gasteiger partial charge is 0.393 e. The van der Waals surface area contributed by atoms with Crippen molar-refractivity contribution in [3.8, 4) is 0 Å². The van der Waals surface area contributed by atoms with Crippen LogP contribution in [0.4, 0.5) is 0 Å². The van der Waals surface area contributed by atoms with Crippen molar-refractivity contribution in [1.82, 2.24) is 0 Å². The van der Waals surface area contributed by atoms with E-state index in [1.54, 1.807) is 0 Å². The minimum absolute atomic E-state index is 0.0500. The summed E-state index contributed by atoms with van der Waals surface area (Å²) in [5.41, 5.74) is -0.307. The highest BCUT2D eigenvalue weighted by molar-refractivity contribution is 9.09. The molecule has 174 valence electrons. The van der Waals surface area contributed by atoms with Gasteiger partial charge in [-0.25, -0.2) is 0 Å². The molecule has 3 heteroatoms. The van der Waals surface area contributed by atoms with Crippen molar-refractivity contribution in [2.75, 3.05) is 0 Å². The van der Waals surface area contributed by atoms with Crippen molar-refractivity contribution in [2.45, 2.75) is 122 Å². The maximum Gasteiger partial charge on any atom is 0.0852 e. The maximum atomic E-state index is 11.8. The first kappa shape index (κ1) is 23.6. The SMILES string of the molecule is CC(C)CCC[C@@H](C)[C@H]1CC[C@H]2[C@@H]3C[C@@H]([77Br])[C@@]4(O)C[C@@H](O)CC[C@]4(C)[C@H]3CC[C@]12C. The molecule has 0 heterocycles. The molecule has 0 bridgehead atoms. The van der Waals surface area contributed by atoms with E-state index in [4.69, 9.17) is 0 Å². The highest BCUT2D eigenvalue weighted by Gasteiger charge is 2.67. The Morgan fingerprint density at radius 3 is 2.40 bits per heavy atom. The molecule has 0 spiro atoms. The number of fused-ring (bicyclic) bond motifs is 5. The Morgan fingerprint density at radius 2 is 1.70 bits per heavy atom. The molecule has 4 aliphatic rings. The van der Waals surface area contributed by atoms with E-state index < -0.39 is 5.60 Å². The highest BCUT2D eigenvalue weighted by Crippen LogP contribution is 2.69. The van der Waals surface area contributed by atoms with Gasteiger partial charge in [0.05, 0.1) is 11.7 Å². The number of hydrogen-bond donors (Lipinski definition) is 2. The van der Waals surface area contributed by atoms with Gasteiger partial charge in [0.15, 0.2) is 0 Å². The summed E-state index contributed by atoms with van der Waals surface area (Å²) in [7, 11) is 0. The number of halogens is 1. The second-order valence-corrected chi connectivity index (χ2v) is 14.0. The number of hydrogen-bond acceptors (Lipinski definition) is 2. The van der Waals surface area contributed by atoms with E-state index in [2.05, 4.69) is 50.5 Å². The fraction of sp³-hybridized carbons (Fsp3) is 1.00. The molecule has 0 unspecified atom stereocenters. The lowest BCUT2D eigenvalue weighted by Gasteiger charge is -2.65. The van der Waals surface area contributed by atoms with Crippen LogP contribution in [0.3, 0.4) is 0 Å². The average Bonchev–Trinajstić information content (AvgIpc) is 3.01. The summed E-state index contributed by atoms with van der Waals surface area (Å²) in [4.78, 5) is 0.121. The Kier molecular flexibility index (Phi) is 6.53. The van der Waals surface area contributed by atoms with Gasteiger partial charge < -0.3 is 10.2 Å². The monoisotopic (exact) mass is 480 g/mol. The third-order valence-corrected chi connectivity index (χ3v) is 12.1. The molecule has 0 radical (unpaired) electrons. The van der Waals surface area contributed by atoms with Crippen molar-refractivity contribution in [3.63, 3.8) is 0 Å². The van der Waals surface area contributed by atoms with Gasteiger partial charge in [0.1, 0.15) is 0 Å². The van der Waals surface area contributed by atoms with Crippen LogP contribution in [0.1, 0.15) is 105 Å². The summed E-state index contributed by atoms with van der Waals surface area (Å²) < 4.78 is 0. The lowest BCUT2D eigenvalue weighted by Crippen LogP contribution is -2.67. The van der Waals surface area contributed by atoms with Crippen molar-refractivity contribution >= 4 is 15.9 Å². The van der Waals surface area contributed by atoms with Crippen molar-refractivity contribution in [2.24, 2.45) is 46.3 Å². The van der Waals surface area contributed by atoms with Crippen LogP contribution in [0.5, 0.6) is 0 Å². The van der Waals surface area contributed by atoms with Crippen LogP contribution in [0, 0.1) is 46.3 Å². The fourth-order valence-corrected chi connectivity index (χ4v) is 10.4. The van der Waals surface area contributed by atoms with Gasteiger partial charge in [0, 0.05) is 16.7 Å². The zero-order valence-corrected chi connectivity index (χ0v) is 21.8. The summed E-state index contributed by atoms with van der Waals surface area (Å²) in [6.07, 6.45) is 12.7. The van der Waals surface area contributed by atoms with E-state index in [1.807, 2.05) is 0 Å². The lowest BCUT2D eigenvalue weighted by atomic mass is 9.43. The molecule has 2 nitrogen and oxygen atoms in total. The Hall–Kier alpha value is 0.400. The van der Waals surface area contributed by atoms with Crippen LogP contribution < -0.4 is 0 Å². The molecule has 4 saturated carbocycles. The first-order valence-electron chi connectivity index (χ1n) is 13.1. The van der Waals surface area contributed by atoms with E-state index >= 15 is 0 Å². The molecule has 0 aromatic heterocycles. The van der Waals surface area contributed by atoms with Crippen molar-refractivity contribution in [3.05, 3.63) is 0 Å². The van der Waals surface area contributed by atoms with Gasteiger partial charge in [-0.2, -0.15) is 0 Å². The average molecular weight is 481 g/mol. The molecule has 0 aliphatic heterocycles. The van der Waals surface area contributed by atoms with Crippen LogP contribution in [0.2, 0.25) is 0 Å². The first-order chi connectivity index (χ1) is 14.0. The van der Waals surface area contributed by atoms with E-state index in [9.17, 15) is 10.2 Å². The maximum absolute atomic E-state index is 11.8. The quantitative estimate of drug-likeness (QED) is 0.418. The zero-order chi connectivity index (χ0) is 21.9. The van der Waals surface area contributed by atoms with Crippen molar-refractivity contribution in [1.29, 1.82) is 0 Å². The standard InChI is InChI=1S/C27H47BrO2/c1-17(2)7-6-8-18(3)21-9-10-22-20-15-24(28)27(30)16-19(29)11-14-26(27,5)23(20)12-13-25(21,22)4/h17-24,29-30H,6-16H2,1-5H3/t18-,19+,20+,21-,22+,23+,24-,25-,26-,27+/m1/s1/i28-3. The Labute approximate surface area is 194 Å². The Balaban J connectivity index is 1.53. The van der Waals surface area contributed by atoms with Gasteiger partial charge in [0.25, 0.3) is 0 Å². The molecule has 0 aromatic carbocycles. The molecule has 30 heavy (non-hydrogen) atoms. The van der Waals surface area contributed by atoms with Crippen LogP contribution in [-0.4, -0.2) is 26.7 Å². The molecule has 2 N–H and O–H groups in total. The molecular formula is C27H47BrO2. The topological polar surface area (TPSA) is 40.5 Å². The summed E-state index contributed by atoms with van der Waals surface area (Å²) in [5, 5.41) is 22.2. The van der Waals surface area contributed by atoms with Gasteiger partial charge in [-0.3, -0.25) is 0 Å². The van der Waals surface area contributed by atoms with E-state index in [-0.39, 0.29) is 16.3 Å². The minimum atomic E-state index is -0.748. The van der Waals surface area contributed by atoms with Gasteiger partial charge >= 0.3 is 0 Å². The van der Waals surface area contributed by atoms with Gasteiger partial charge in [-0.05, 0) is 85.9 Å². The third kappa shape index (κ3) is 3.56. The van der Waals surface area contributed by atoms with E-state index in [1.165, 1.54) is 44.9 Å². The minimum Gasteiger partial charge on any atom is -0.393 e. The Bertz CT molecular complexity index is 622. The smallest absolute Gasteiger partial charge is 0.0852 e. The number of rotatable bonds is 5. The number of aliphatic hydroxyl groups is 2. The van der Waals surface area contributed by atoms with Crippen LogP contribution in [0.25, 0.3) is 0 Å². The normalized spacial score (nSPS) is 51.9. The summed E-state index contributed by atoms with van der Waals surface area (Å²) >= 11 is 3.96. The van der Waals surface area contributed by atoms with E-state index in [0.29, 0.717) is 17.8 Å². The first-order valence-corrected chi connectivity index (χ1v) is 14.0. The summed E-state index contributed by atoms with van der Waals surface area (Å²) in [6, 6.07) is 0. The fourth-order valence-electron chi connectivity index (χ4n) is 9.24. The predicted molar refractivity (Wildman–Crippen MR) is 129 cm³/mol. The highest BCUT2D eigenvalue weighted by atomic mass is 76.9. The summed E-state index contributed by atoms with van der Waals surface area (Å²) in [6.45, 7) is 12.3. The molecule has 4 aliphatic carbocycles. The van der Waals surface area contributed by atoms with Crippen LogP contribution >= 0.6 is 15.9 Å². The van der Waals surface area contributed by atoms with Gasteiger partial charge in [0.2, 0.25) is 0 Å². The van der Waals surface area contributed by atoms with Crippen LogP contribution in [-0.2, 0) is 0 Å². The van der Waals surface area contributed by atoms with Crippen LogP contribution in [0.15, 0.2) is 0 Å². The van der Waals surface area contributed by atoms with Gasteiger partial charge in [-0.1, -0.05) is 69.8 Å². The lowest BCUT2D eigenvalue weighted by molar-refractivity contribution is -0.215. The second-order valence-electron chi connectivity index (χ2n) is 12.8. The van der Waals surface area contributed by atoms with Gasteiger partial charge in [-0.15, -0.1) is 0 Å². The Morgan fingerprint density at radius 1 is 0.967 bits per heavy atom.